The minimum Gasteiger partial charge on any atom is -0.318 e. The van der Waals surface area contributed by atoms with Crippen molar-refractivity contribution in [1.29, 1.82) is 0 Å². The van der Waals surface area contributed by atoms with Crippen LogP contribution in [-0.2, 0) is 0 Å². The van der Waals surface area contributed by atoms with Gasteiger partial charge in [0.1, 0.15) is 0 Å². The normalized spacial score (nSPS) is 9.93. The summed E-state index contributed by atoms with van der Waals surface area (Å²) < 4.78 is 2.20. The fraction of sp³-hybridized carbons (Fsp3) is 0.143. The quantitative estimate of drug-likeness (QED) is 0.616. The molecule has 2 rings (SSSR count). The fourth-order valence-corrected chi connectivity index (χ4v) is 1.81. The van der Waals surface area contributed by atoms with Gasteiger partial charge in [-0.15, -0.1) is 6.42 Å². The molecule has 74 valence electrons. The maximum atomic E-state index is 5.39. The van der Waals surface area contributed by atoms with E-state index in [0.717, 1.165) is 11.3 Å². The van der Waals surface area contributed by atoms with Crippen molar-refractivity contribution in [2.45, 2.75) is 13.8 Å². The Bertz CT molecular complexity index is 507. The summed E-state index contributed by atoms with van der Waals surface area (Å²) in [5.74, 6) is 2.65. The van der Waals surface area contributed by atoms with Crippen LogP contribution in [0.1, 0.15) is 17.0 Å². The van der Waals surface area contributed by atoms with E-state index >= 15 is 0 Å². The van der Waals surface area contributed by atoms with Crippen molar-refractivity contribution in [2.24, 2.45) is 0 Å². The fourth-order valence-electron chi connectivity index (χ4n) is 1.81. The molecule has 1 aromatic carbocycles. The molecule has 1 aromatic heterocycles. The summed E-state index contributed by atoms with van der Waals surface area (Å²) >= 11 is 0. The first kappa shape index (κ1) is 9.61. The van der Waals surface area contributed by atoms with Crippen LogP contribution in [0.5, 0.6) is 0 Å². The lowest BCUT2D eigenvalue weighted by Crippen LogP contribution is -1.98. The van der Waals surface area contributed by atoms with Crippen LogP contribution in [0.3, 0.4) is 0 Å². The first-order chi connectivity index (χ1) is 7.22. The van der Waals surface area contributed by atoms with Gasteiger partial charge < -0.3 is 4.57 Å². The Morgan fingerprint density at radius 1 is 1.07 bits per heavy atom. The minimum atomic E-state index is 0.917. The maximum Gasteiger partial charge on any atom is 0.0467 e. The van der Waals surface area contributed by atoms with Gasteiger partial charge in [0.25, 0.3) is 0 Å². The summed E-state index contributed by atoms with van der Waals surface area (Å²) in [5.41, 5.74) is 4.49. The Balaban J connectivity index is 2.60. The van der Waals surface area contributed by atoms with Crippen LogP contribution < -0.4 is 0 Å². The molecule has 0 bridgehead atoms. The van der Waals surface area contributed by atoms with E-state index in [4.69, 9.17) is 6.42 Å². The van der Waals surface area contributed by atoms with Crippen LogP contribution in [-0.4, -0.2) is 4.57 Å². The minimum absolute atomic E-state index is 0.917. The first-order valence-corrected chi connectivity index (χ1v) is 4.94. The van der Waals surface area contributed by atoms with E-state index in [1.54, 1.807) is 0 Å². The van der Waals surface area contributed by atoms with Gasteiger partial charge in [-0.1, -0.05) is 12.0 Å². The lowest BCUT2D eigenvalue weighted by atomic mass is 10.2. The zero-order valence-corrected chi connectivity index (χ0v) is 8.99. The second kappa shape index (κ2) is 3.67. The molecule has 1 heterocycles. The van der Waals surface area contributed by atoms with Crippen LogP contribution in [0, 0.1) is 26.2 Å². The summed E-state index contributed by atoms with van der Waals surface area (Å²) in [5, 5.41) is 0. The van der Waals surface area contributed by atoms with Crippen molar-refractivity contribution < 1.29 is 0 Å². The third-order valence-corrected chi connectivity index (χ3v) is 2.54. The van der Waals surface area contributed by atoms with E-state index in [2.05, 4.69) is 42.5 Å². The molecular weight excluding hydrogens is 182 g/mol. The number of hydrogen-bond acceptors (Lipinski definition) is 0. The predicted molar refractivity (Wildman–Crippen MR) is 63.2 cm³/mol. The second-order valence-corrected chi connectivity index (χ2v) is 3.65. The highest BCUT2D eigenvalue weighted by Gasteiger charge is 2.03. The molecule has 15 heavy (non-hydrogen) atoms. The highest BCUT2D eigenvalue weighted by atomic mass is 15.0. The SMILES string of the molecule is C#Cc1cccc(-n2c(C)ccc2C)c1. The van der Waals surface area contributed by atoms with Crippen LogP contribution >= 0.6 is 0 Å². The van der Waals surface area contributed by atoms with Crippen molar-refractivity contribution >= 4 is 0 Å². The predicted octanol–water partition coefficient (Wildman–Crippen LogP) is 3.08. The molecule has 0 unspecified atom stereocenters. The van der Waals surface area contributed by atoms with Gasteiger partial charge in [0.2, 0.25) is 0 Å². The Morgan fingerprint density at radius 2 is 1.73 bits per heavy atom. The second-order valence-electron chi connectivity index (χ2n) is 3.65. The molecule has 2 aromatic rings. The van der Waals surface area contributed by atoms with Crippen molar-refractivity contribution in [1.82, 2.24) is 4.57 Å². The van der Waals surface area contributed by atoms with Gasteiger partial charge in [-0.3, -0.25) is 0 Å². The van der Waals surface area contributed by atoms with Gasteiger partial charge in [0, 0.05) is 22.6 Å². The van der Waals surface area contributed by atoms with E-state index in [1.807, 2.05) is 18.2 Å². The Morgan fingerprint density at radius 3 is 2.33 bits per heavy atom. The van der Waals surface area contributed by atoms with Gasteiger partial charge in [-0.05, 0) is 44.2 Å². The molecule has 0 aliphatic carbocycles. The van der Waals surface area contributed by atoms with E-state index in [0.29, 0.717) is 0 Å². The summed E-state index contributed by atoms with van der Waals surface area (Å²) in [7, 11) is 0. The van der Waals surface area contributed by atoms with Gasteiger partial charge in [0.05, 0.1) is 0 Å². The molecule has 0 aliphatic heterocycles. The Hall–Kier alpha value is -1.94. The van der Waals surface area contributed by atoms with Crippen molar-refractivity contribution in [3.63, 3.8) is 0 Å². The number of terminal acetylenes is 1. The highest BCUT2D eigenvalue weighted by Crippen LogP contribution is 2.16. The lowest BCUT2D eigenvalue weighted by molar-refractivity contribution is 0.965. The van der Waals surface area contributed by atoms with Gasteiger partial charge in [-0.2, -0.15) is 0 Å². The average Bonchev–Trinajstić information content (AvgIpc) is 2.59. The highest BCUT2D eigenvalue weighted by molar-refractivity contribution is 5.45. The van der Waals surface area contributed by atoms with Crippen LogP contribution in [0.2, 0.25) is 0 Å². The molecule has 0 radical (unpaired) electrons. The largest absolute Gasteiger partial charge is 0.318 e. The number of aryl methyl sites for hydroxylation is 2. The third-order valence-electron chi connectivity index (χ3n) is 2.54. The summed E-state index contributed by atoms with van der Waals surface area (Å²) in [6.45, 7) is 4.19. The number of benzene rings is 1. The zero-order valence-electron chi connectivity index (χ0n) is 8.99. The van der Waals surface area contributed by atoms with Crippen LogP contribution in [0.15, 0.2) is 36.4 Å². The van der Waals surface area contributed by atoms with Gasteiger partial charge >= 0.3 is 0 Å². The van der Waals surface area contributed by atoms with Crippen LogP contribution in [0.4, 0.5) is 0 Å². The zero-order chi connectivity index (χ0) is 10.8. The Kier molecular flexibility index (Phi) is 2.35. The molecule has 0 saturated heterocycles. The summed E-state index contributed by atoms with van der Waals surface area (Å²) in [6, 6.07) is 12.2. The average molecular weight is 195 g/mol. The first-order valence-electron chi connectivity index (χ1n) is 4.94. The smallest absolute Gasteiger partial charge is 0.0467 e. The Labute approximate surface area is 90.4 Å². The summed E-state index contributed by atoms with van der Waals surface area (Å²) in [6.07, 6.45) is 5.39. The van der Waals surface area contributed by atoms with Crippen molar-refractivity contribution in [3.05, 3.63) is 53.3 Å². The molecule has 0 atom stereocenters. The monoisotopic (exact) mass is 195 g/mol. The topological polar surface area (TPSA) is 4.93 Å². The van der Waals surface area contributed by atoms with E-state index in [9.17, 15) is 0 Å². The van der Waals surface area contributed by atoms with E-state index < -0.39 is 0 Å². The van der Waals surface area contributed by atoms with Gasteiger partial charge in [0.15, 0.2) is 0 Å². The lowest BCUT2D eigenvalue weighted by Gasteiger charge is -2.09. The number of aromatic nitrogens is 1. The number of nitrogens with zero attached hydrogens (tertiary/aromatic N) is 1. The molecule has 1 nitrogen and oxygen atoms in total. The van der Waals surface area contributed by atoms with Gasteiger partial charge in [-0.25, -0.2) is 0 Å². The maximum absolute atomic E-state index is 5.39. The standard InChI is InChI=1S/C14H13N/c1-4-13-6-5-7-14(10-13)15-11(2)8-9-12(15)3/h1,5-10H,2-3H3. The summed E-state index contributed by atoms with van der Waals surface area (Å²) in [4.78, 5) is 0. The van der Waals surface area contributed by atoms with E-state index in [1.165, 1.54) is 11.4 Å². The third kappa shape index (κ3) is 1.67. The van der Waals surface area contributed by atoms with Crippen molar-refractivity contribution in [2.75, 3.05) is 0 Å². The molecule has 0 fully saturated rings. The number of hydrogen-bond donors (Lipinski definition) is 0. The molecule has 0 saturated carbocycles. The van der Waals surface area contributed by atoms with Crippen LogP contribution in [0.25, 0.3) is 5.69 Å². The number of rotatable bonds is 1. The molecule has 0 aliphatic rings. The molecule has 0 amide bonds. The molecule has 1 heteroatoms. The molecule has 0 spiro atoms. The van der Waals surface area contributed by atoms with E-state index in [-0.39, 0.29) is 0 Å². The molecular formula is C14H13N. The van der Waals surface area contributed by atoms with Crippen molar-refractivity contribution in [3.8, 4) is 18.0 Å². The molecule has 0 N–H and O–H groups in total.